The highest BCUT2D eigenvalue weighted by molar-refractivity contribution is 5.99. The lowest BCUT2D eigenvalue weighted by atomic mass is 10.0. The van der Waals surface area contributed by atoms with E-state index in [0.717, 1.165) is 0 Å². The van der Waals surface area contributed by atoms with Crippen LogP contribution in [0.25, 0.3) is 5.69 Å². The van der Waals surface area contributed by atoms with E-state index < -0.39 is 17.6 Å². The molecular weight excluding hydrogens is 285 g/mol. The standard InChI is InChI=1S/C13H13F3N4O/c1-12(17,13(14,15)16)11(21)19-9-4-2-3-5-10(9)20-7-6-18-8-20/h2-8H,17H2,1H3,(H,19,21). The Morgan fingerprint density at radius 3 is 2.57 bits per heavy atom. The number of amides is 1. The van der Waals surface area contributed by atoms with E-state index in [0.29, 0.717) is 12.6 Å². The number of hydrogen-bond donors (Lipinski definition) is 2. The van der Waals surface area contributed by atoms with Crippen LogP contribution >= 0.6 is 0 Å². The quantitative estimate of drug-likeness (QED) is 0.911. The fourth-order valence-electron chi connectivity index (χ4n) is 1.59. The molecule has 2 rings (SSSR count). The fraction of sp³-hybridized carbons (Fsp3) is 0.231. The van der Waals surface area contributed by atoms with Gasteiger partial charge in [-0.1, -0.05) is 12.1 Å². The molecule has 5 nitrogen and oxygen atoms in total. The maximum atomic E-state index is 12.8. The van der Waals surface area contributed by atoms with E-state index in [2.05, 4.69) is 10.3 Å². The number of imidazole rings is 1. The van der Waals surface area contributed by atoms with Crippen molar-refractivity contribution in [1.29, 1.82) is 0 Å². The third-order valence-corrected chi connectivity index (χ3v) is 3.00. The van der Waals surface area contributed by atoms with Crippen LogP contribution in [0.2, 0.25) is 0 Å². The number of nitrogens with zero attached hydrogens (tertiary/aromatic N) is 2. The van der Waals surface area contributed by atoms with Crippen molar-refractivity contribution in [1.82, 2.24) is 9.55 Å². The molecule has 1 amide bonds. The number of benzene rings is 1. The van der Waals surface area contributed by atoms with Gasteiger partial charge in [-0.2, -0.15) is 13.2 Å². The van der Waals surface area contributed by atoms with E-state index >= 15 is 0 Å². The van der Waals surface area contributed by atoms with Crippen LogP contribution in [-0.4, -0.2) is 27.2 Å². The molecule has 0 aliphatic heterocycles. The number of nitrogens with one attached hydrogen (secondary N) is 1. The van der Waals surface area contributed by atoms with Gasteiger partial charge in [-0.05, 0) is 19.1 Å². The molecule has 1 atom stereocenters. The first-order chi connectivity index (χ1) is 9.73. The van der Waals surface area contributed by atoms with Crippen molar-refractivity contribution in [2.45, 2.75) is 18.6 Å². The molecule has 2 aromatic rings. The van der Waals surface area contributed by atoms with Crippen LogP contribution in [-0.2, 0) is 4.79 Å². The summed E-state index contributed by atoms with van der Waals surface area (Å²) in [6.07, 6.45) is -0.255. The van der Waals surface area contributed by atoms with Gasteiger partial charge in [0.25, 0.3) is 5.91 Å². The predicted molar refractivity (Wildman–Crippen MR) is 70.8 cm³/mol. The molecule has 1 heterocycles. The predicted octanol–water partition coefficient (Wildman–Crippen LogP) is 2.09. The first-order valence-electron chi connectivity index (χ1n) is 5.98. The fourth-order valence-corrected chi connectivity index (χ4v) is 1.59. The summed E-state index contributed by atoms with van der Waals surface area (Å²) in [5, 5.41) is 2.21. The van der Waals surface area contributed by atoms with Gasteiger partial charge in [-0.25, -0.2) is 4.98 Å². The molecule has 0 aliphatic rings. The molecule has 0 saturated heterocycles. The number of hydrogen-bond acceptors (Lipinski definition) is 3. The first kappa shape index (κ1) is 15.0. The lowest BCUT2D eigenvalue weighted by molar-refractivity contribution is -0.184. The second-order valence-electron chi connectivity index (χ2n) is 4.64. The lowest BCUT2D eigenvalue weighted by Crippen LogP contribution is -2.59. The van der Waals surface area contributed by atoms with E-state index in [1.807, 2.05) is 0 Å². The topological polar surface area (TPSA) is 72.9 Å². The van der Waals surface area contributed by atoms with E-state index in [-0.39, 0.29) is 5.69 Å². The molecule has 0 aliphatic carbocycles. The zero-order chi connectivity index (χ0) is 15.7. The average molecular weight is 298 g/mol. The van der Waals surface area contributed by atoms with Crippen LogP contribution in [0.15, 0.2) is 43.0 Å². The SMILES string of the molecule is CC(N)(C(=O)Nc1ccccc1-n1ccnc1)C(F)(F)F. The Hall–Kier alpha value is -2.35. The van der Waals surface area contributed by atoms with E-state index in [9.17, 15) is 18.0 Å². The van der Waals surface area contributed by atoms with Gasteiger partial charge in [-0.15, -0.1) is 0 Å². The summed E-state index contributed by atoms with van der Waals surface area (Å²) in [6, 6.07) is 6.41. The number of rotatable bonds is 3. The normalized spacial score (nSPS) is 14.5. The Balaban J connectivity index is 2.31. The number of carbonyl (C=O) groups excluding carboxylic acids is 1. The summed E-state index contributed by atoms with van der Waals surface area (Å²) in [5.41, 5.74) is 2.82. The molecule has 21 heavy (non-hydrogen) atoms. The minimum absolute atomic E-state index is 0.210. The van der Waals surface area contributed by atoms with Crippen molar-refractivity contribution < 1.29 is 18.0 Å². The molecule has 0 radical (unpaired) electrons. The number of carbonyl (C=O) groups is 1. The Kier molecular flexibility index (Phi) is 3.73. The Morgan fingerprint density at radius 2 is 2.00 bits per heavy atom. The van der Waals surface area contributed by atoms with Crippen molar-refractivity contribution >= 4 is 11.6 Å². The Morgan fingerprint density at radius 1 is 1.33 bits per heavy atom. The molecule has 0 fully saturated rings. The maximum Gasteiger partial charge on any atom is 0.415 e. The number of halogens is 3. The third kappa shape index (κ3) is 2.89. The molecule has 0 spiro atoms. The van der Waals surface area contributed by atoms with Gasteiger partial charge < -0.3 is 15.6 Å². The van der Waals surface area contributed by atoms with Crippen molar-refractivity contribution in [3.05, 3.63) is 43.0 Å². The summed E-state index contributed by atoms with van der Waals surface area (Å²) in [5.74, 6) is -1.33. The van der Waals surface area contributed by atoms with Crippen molar-refractivity contribution in [3.63, 3.8) is 0 Å². The molecule has 112 valence electrons. The Labute approximate surface area is 118 Å². The van der Waals surface area contributed by atoms with Gasteiger partial charge in [0.15, 0.2) is 5.54 Å². The van der Waals surface area contributed by atoms with E-state index in [1.54, 1.807) is 29.0 Å². The van der Waals surface area contributed by atoms with Gasteiger partial charge in [0.05, 0.1) is 17.7 Å². The van der Waals surface area contributed by atoms with Crippen molar-refractivity contribution in [2.75, 3.05) is 5.32 Å². The van der Waals surface area contributed by atoms with Crippen LogP contribution in [0.3, 0.4) is 0 Å². The monoisotopic (exact) mass is 298 g/mol. The second-order valence-corrected chi connectivity index (χ2v) is 4.64. The molecule has 8 heteroatoms. The number of anilines is 1. The number of nitrogens with two attached hydrogens (primary N) is 1. The summed E-state index contributed by atoms with van der Waals surface area (Å²) in [4.78, 5) is 15.7. The zero-order valence-corrected chi connectivity index (χ0v) is 11.1. The summed E-state index contributed by atoms with van der Waals surface area (Å²) < 4.78 is 39.8. The van der Waals surface area contributed by atoms with Crippen LogP contribution < -0.4 is 11.1 Å². The van der Waals surface area contributed by atoms with Gasteiger partial charge >= 0.3 is 6.18 Å². The summed E-state index contributed by atoms with van der Waals surface area (Å²) >= 11 is 0. The smallest absolute Gasteiger partial charge is 0.322 e. The minimum Gasteiger partial charge on any atom is -0.322 e. The first-order valence-corrected chi connectivity index (χ1v) is 5.98. The lowest BCUT2D eigenvalue weighted by Gasteiger charge is -2.26. The largest absolute Gasteiger partial charge is 0.415 e. The van der Waals surface area contributed by atoms with Crippen molar-refractivity contribution in [2.24, 2.45) is 5.73 Å². The highest BCUT2D eigenvalue weighted by Crippen LogP contribution is 2.30. The average Bonchev–Trinajstić information content (AvgIpc) is 2.91. The van der Waals surface area contributed by atoms with Gasteiger partial charge in [-0.3, -0.25) is 4.79 Å². The zero-order valence-electron chi connectivity index (χ0n) is 11.1. The molecule has 1 aromatic heterocycles. The summed E-state index contributed by atoms with van der Waals surface area (Å²) in [6.45, 7) is 0.627. The maximum absolute atomic E-state index is 12.8. The number of alkyl halides is 3. The van der Waals surface area contributed by atoms with Crippen LogP contribution in [0.5, 0.6) is 0 Å². The van der Waals surface area contributed by atoms with Crippen LogP contribution in [0.1, 0.15) is 6.92 Å². The summed E-state index contributed by atoms with van der Waals surface area (Å²) in [7, 11) is 0. The molecule has 3 N–H and O–H groups in total. The highest BCUT2D eigenvalue weighted by atomic mass is 19.4. The second kappa shape index (κ2) is 5.21. The van der Waals surface area contributed by atoms with Gasteiger partial charge in [0.1, 0.15) is 0 Å². The van der Waals surface area contributed by atoms with E-state index in [1.165, 1.54) is 18.6 Å². The van der Waals surface area contributed by atoms with Crippen molar-refractivity contribution in [3.8, 4) is 5.69 Å². The number of aromatic nitrogens is 2. The van der Waals surface area contributed by atoms with Crippen LogP contribution in [0.4, 0.5) is 18.9 Å². The number of para-hydroxylation sites is 2. The van der Waals surface area contributed by atoms with Gasteiger partial charge in [0, 0.05) is 12.4 Å². The van der Waals surface area contributed by atoms with Crippen LogP contribution in [0, 0.1) is 0 Å². The highest BCUT2D eigenvalue weighted by Gasteiger charge is 2.54. The molecule has 1 unspecified atom stereocenters. The van der Waals surface area contributed by atoms with E-state index in [4.69, 9.17) is 5.73 Å². The molecule has 0 bridgehead atoms. The third-order valence-electron chi connectivity index (χ3n) is 3.00. The molecule has 0 saturated carbocycles. The molecule has 1 aromatic carbocycles. The molecular formula is C13H13F3N4O. The minimum atomic E-state index is -4.85. The van der Waals surface area contributed by atoms with Gasteiger partial charge in [0.2, 0.25) is 0 Å². The Bertz CT molecular complexity index is 635.